The Hall–Kier alpha value is -1.69. The quantitative estimate of drug-likeness (QED) is 0.673. The first kappa shape index (κ1) is 15.7. The summed E-state index contributed by atoms with van der Waals surface area (Å²) < 4.78 is 0. The molecular weight excluding hydrogens is 268 g/mol. The maximum absolute atomic E-state index is 11.7. The molecule has 1 aromatic heterocycles. The molecule has 0 aliphatic heterocycles. The van der Waals surface area contributed by atoms with Crippen molar-refractivity contribution in [2.24, 2.45) is 5.41 Å². The minimum Gasteiger partial charge on any atom is -0.396 e. The van der Waals surface area contributed by atoms with Gasteiger partial charge in [-0.1, -0.05) is 13.8 Å². The number of nitrogens with one attached hydrogen (secondary N) is 2. The monoisotopic (exact) mass is 292 g/mol. The molecule has 1 aliphatic rings. The van der Waals surface area contributed by atoms with Crippen LogP contribution in [0.1, 0.15) is 51.3 Å². The van der Waals surface area contributed by atoms with Crippen LogP contribution in [-0.4, -0.2) is 34.3 Å². The molecule has 0 unspecified atom stereocenters. The van der Waals surface area contributed by atoms with Gasteiger partial charge in [0.15, 0.2) is 0 Å². The number of anilines is 1. The molecule has 1 fully saturated rings. The smallest absolute Gasteiger partial charge is 0.319 e. The molecule has 0 bridgehead atoms. The number of hydrogen-bond donors (Lipinski definition) is 3. The van der Waals surface area contributed by atoms with Gasteiger partial charge in [-0.2, -0.15) is 0 Å². The van der Waals surface area contributed by atoms with Crippen molar-refractivity contribution in [2.45, 2.75) is 45.4 Å². The minimum atomic E-state index is -0.250. The van der Waals surface area contributed by atoms with Crippen LogP contribution >= 0.6 is 0 Å². The summed E-state index contributed by atoms with van der Waals surface area (Å²) in [5.74, 6) is 1.38. The Labute approximate surface area is 125 Å². The van der Waals surface area contributed by atoms with Crippen LogP contribution in [0.5, 0.6) is 0 Å². The van der Waals surface area contributed by atoms with Gasteiger partial charge in [0.2, 0.25) is 0 Å². The van der Waals surface area contributed by atoms with E-state index >= 15 is 0 Å². The number of rotatable bonds is 7. The fourth-order valence-electron chi connectivity index (χ4n) is 1.98. The van der Waals surface area contributed by atoms with Crippen LogP contribution in [0.15, 0.2) is 12.4 Å². The maximum Gasteiger partial charge on any atom is 0.319 e. The number of aromatic nitrogens is 2. The molecule has 1 heterocycles. The van der Waals surface area contributed by atoms with Crippen LogP contribution in [-0.2, 0) is 0 Å². The summed E-state index contributed by atoms with van der Waals surface area (Å²) in [6.07, 6.45) is 7.32. The molecule has 0 radical (unpaired) electrons. The molecule has 6 nitrogen and oxygen atoms in total. The van der Waals surface area contributed by atoms with Crippen molar-refractivity contribution < 1.29 is 9.90 Å². The number of aliphatic hydroxyl groups is 1. The first-order chi connectivity index (χ1) is 10.00. The number of carbonyl (C=O) groups is 1. The molecule has 1 saturated carbocycles. The molecule has 0 aromatic carbocycles. The van der Waals surface area contributed by atoms with E-state index in [9.17, 15) is 4.79 Å². The van der Waals surface area contributed by atoms with Crippen LogP contribution < -0.4 is 10.6 Å². The van der Waals surface area contributed by atoms with E-state index in [0.717, 1.165) is 31.5 Å². The van der Waals surface area contributed by atoms with Crippen molar-refractivity contribution in [3.8, 4) is 0 Å². The summed E-state index contributed by atoms with van der Waals surface area (Å²) in [7, 11) is 0. The van der Waals surface area contributed by atoms with Gasteiger partial charge in [-0.25, -0.2) is 14.8 Å². The van der Waals surface area contributed by atoms with E-state index in [2.05, 4.69) is 20.6 Å². The lowest BCUT2D eigenvalue weighted by molar-refractivity contribution is 0.148. The molecule has 2 amide bonds. The van der Waals surface area contributed by atoms with Gasteiger partial charge in [0.25, 0.3) is 0 Å². The summed E-state index contributed by atoms with van der Waals surface area (Å²) in [4.78, 5) is 20.2. The van der Waals surface area contributed by atoms with Gasteiger partial charge in [0.1, 0.15) is 5.82 Å². The van der Waals surface area contributed by atoms with E-state index in [0.29, 0.717) is 18.2 Å². The van der Waals surface area contributed by atoms with Gasteiger partial charge in [-0.3, -0.25) is 0 Å². The summed E-state index contributed by atoms with van der Waals surface area (Å²) >= 11 is 0. The van der Waals surface area contributed by atoms with Crippen molar-refractivity contribution in [2.75, 3.05) is 18.5 Å². The Bertz CT molecular complexity index is 469. The van der Waals surface area contributed by atoms with Crippen molar-refractivity contribution in [3.05, 3.63) is 18.2 Å². The van der Waals surface area contributed by atoms with Crippen LogP contribution in [0.4, 0.5) is 10.5 Å². The van der Waals surface area contributed by atoms with Gasteiger partial charge in [-0.15, -0.1) is 0 Å². The molecule has 0 saturated heterocycles. The van der Waals surface area contributed by atoms with Gasteiger partial charge in [0, 0.05) is 19.1 Å². The Balaban J connectivity index is 1.67. The lowest BCUT2D eigenvalue weighted by atomic mass is 9.89. The van der Waals surface area contributed by atoms with Crippen LogP contribution in [0.25, 0.3) is 0 Å². The number of hydrogen-bond acceptors (Lipinski definition) is 4. The standard InChI is InChI=1S/C15H24N4O2/c1-15(2,10-20)6-3-7-16-14(21)19-12-8-17-13(18-9-12)11-4-5-11/h8-9,11,20H,3-7,10H2,1-2H3,(H2,16,19,21). The summed E-state index contributed by atoms with van der Waals surface area (Å²) in [6.45, 7) is 4.75. The first-order valence-electron chi connectivity index (χ1n) is 7.48. The molecular formula is C15H24N4O2. The normalized spacial score (nSPS) is 14.8. The minimum absolute atomic E-state index is 0.0926. The fraction of sp³-hybridized carbons (Fsp3) is 0.667. The molecule has 0 spiro atoms. The summed E-state index contributed by atoms with van der Waals surface area (Å²) in [5.41, 5.74) is 0.512. The molecule has 6 heteroatoms. The number of carbonyl (C=O) groups excluding carboxylic acids is 1. The van der Waals surface area contributed by atoms with Crippen molar-refractivity contribution in [1.82, 2.24) is 15.3 Å². The van der Waals surface area contributed by atoms with E-state index < -0.39 is 0 Å². The Kier molecular flexibility index (Phi) is 5.12. The van der Waals surface area contributed by atoms with Crippen LogP contribution in [0.3, 0.4) is 0 Å². The highest BCUT2D eigenvalue weighted by Crippen LogP contribution is 2.37. The van der Waals surface area contributed by atoms with Crippen molar-refractivity contribution in [3.63, 3.8) is 0 Å². The van der Waals surface area contributed by atoms with E-state index in [1.807, 2.05) is 13.8 Å². The highest BCUT2D eigenvalue weighted by molar-refractivity contribution is 5.88. The second-order valence-corrected chi connectivity index (χ2v) is 6.41. The van der Waals surface area contributed by atoms with E-state index in [1.54, 1.807) is 12.4 Å². The van der Waals surface area contributed by atoms with E-state index in [4.69, 9.17) is 5.11 Å². The van der Waals surface area contributed by atoms with E-state index in [1.165, 1.54) is 0 Å². The topological polar surface area (TPSA) is 87.1 Å². The highest BCUT2D eigenvalue weighted by Gasteiger charge is 2.26. The molecule has 1 aliphatic carbocycles. The predicted octanol–water partition coefficient (Wildman–Crippen LogP) is 2.27. The summed E-state index contributed by atoms with van der Waals surface area (Å²) in [6, 6.07) is -0.250. The second-order valence-electron chi connectivity index (χ2n) is 6.41. The van der Waals surface area contributed by atoms with Crippen molar-refractivity contribution >= 4 is 11.7 Å². The van der Waals surface area contributed by atoms with Gasteiger partial charge >= 0.3 is 6.03 Å². The van der Waals surface area contributed by atoms with Crippen LogP contribution in [0, 0.1) is 5.41 Å². The zero-order chi connectivity index (χ0) is 15.3. The van der Waals surface area contributed by atoms with E-state index in [-0.39, 0.29) is 18.1 Å². The van der Waals surface area contributed by atoms with Crippen LogP contribution in [0.2, 0.25) is 0 Å². The lowest BCUT2D eigenvalue weighted by Crippen LogP contribution is -2.30. The predicted molar refractivity (Wildman–Crippen MR) is 81.1 cm³/mol. The molecule has 3 N–H and O–H groups in total. The second kappa shape index (κ2) is 6.85. The molecule has 1 aromatic rings. The zero-order valence-corrected chi connectivity index (χ0v) is 12.7. The molecule has 0 atom stereocenters. The number of aliphatic hydroxyl groups excluding tert-OH is 1. The highest BCUT2D eigenvalue weighted by atomic mass is 16.3. The summed E-state index contributed by atoms with van der Waals surface area (Å²) in [5, 5.41) is 14.7. The third kappa shape index (κ3) is 5.30. The average Bonchev–Trinajstić information content (AvgIpc) is 3.29. The lowest BCUT2D eigenvalue weighted by Gasteiger charge is -2.21. The van der Waals surface area contributed by atoms with Gasteiger partial charge in [0.05, 0.1) is 18.1 Å². The molecule has 2 rings (SSSR count). The first-order valence-corrected chi connectivity index (χ1v) is 7.48. The third-order valence-electron chi connectivity index (χ3n) is 3.62. The molecule has 21 heavy (non-hydrogen) atoms. The Morgan fingerprint density at radius 2 is 2.05 bits per heavy atom. The molecule has 116 valence electrons. The SMILES string of the molecule is CC(C)(CO)CCCNC(=O)Nc1cnc(C2CC2)nc1. The number of amides is 2. The third-order valence-corrected chi connectivity index (χ3v) is 3.62. The zero-order valence-electron chi connectivity index (χ0n) is 12.7. The Morgan fingerprint density at radius 1 is 1.38 bits per heavy atom. The maximum atomic E-state index is 11.7. The number of urea groups is 1. The number of nitrogens with zero attached hydrogens (tertiary/aromatic N) is 2. The Morgan fingerprint density at radius 3 is 2.62 bits per heavy atom. The fourth-order valence-corrected chi connectivity index (χ4v) is 1.98. The average molecular weight is 292 g/mol. The van der Waals surface area contributed by atoms with Gasteiger partial charge in [-0.05, 0) is 31.1 Å². The largest absolute Gasteiger partial charge is 0.396 e. The van der Waals surface area contributed by atoms with Gasteiger partial charge < -0.3 is 15.7 Å². The van der Waals surface area contributed by atoms with Crippen molar-refractivity contribution in [1.29, 1.82) is 0 Å².